The van der Waals surface area contributed by atoms with Crippen molar-refractivity contribution in [1.29, 1.82) is 0 Å². The summed E-state index contributed by atoms with van der Waals surface area (Å²) in [5.41, 5.74) is 1.29. The summed E-state index contributed by atoms with van der Waals surface area (Å²) in [6.45, 7) is 6.62. The molecule has 0 spiro atoms. The quantitative estimate of drug-likeness (QED) is 0.610. The Morgan fingerprint density at radius 2 is 1.90 bits per heavy atom. The van der Waals surface area contributed by atoms with Crippen molar-refractivity contribution in [1.82, 2.24) is 4.90 Å². The monoisotopic (exact) mass is 419 g/mol. The van der Waals surface area contributed by atoms with Gasteiger partial charge < -0.3 is 18.6 Å². The predicted octanol–water partition coefficient (Wildman–Crippen LogP) is 3.44. The van der Waals surface area contributed by atoms with Gasteiger partial charge in [-0.1, -0.05) is 26.0 Å². The molecule has 0 radical (unpaired) electrons. The van der Waals surface area contributed by atoms with Crippen LogP contribution in [0.15, 0.2) is 42.5 Å². The van der Waals surface area contributed by atoms with Crippen molar-refractivity contribution in [2.24, 2.45) is 5.92 Å². The number of hydrogen-bond donors (Lipinski definition) is 0. The standard InChI is InChI=1S/C21H25NO6S/c1-4-29(24,25)28-18-7-5-6-16(10-18)13-22(12-15(2)3)21(23)17-8-9-19-20(11-17)27-14-26-19/h5-11,15H,4,12-14H2,1-3H3. The second-order valence-corrected chi connectivity index (χ2v) is 9.08. The van der Waals surface area contributed by atoms with Crippen LogP contribution >= 0.6 is 0 Å². The number of amides is 1. The van der Waals surface area contributed by atoms with Crippen LogP contribution in [0.5, 0.6) is 17.2 Å². The molecule has 0 atom stereocenters. The Morgan fingerprint density at radius 3 is 2.62 bits per heavy atom. The molecule has 29 heavy (non-hydrogen) atoms. The first-order valence-electron chi connectivity index (χ1n) is 9.47. The molecule has 0 fully saturated rings. The lowest BCUT2D eigenvalue weighted by molar-refractivity contribution is 0.0722. The molecule has 0 saturated heterocycles. The summed E-state index contributed by atoms with van der Waals surface area (Å²) in [5, 5.41) is 0. The van der Waals surface area contributed by atoms with Gasteiger partial charge in [0.1, 0.15) is 5.75 Å². The summed E-state index contributed by atoms with van der Waals surface area (Å²) in [4.78, 5) is 14.9. The summed E-state index contributed by atoms with van der Waals surface area (Å²) in [6.07, 6.45) is 0. The zero-order chi connectivity index (χ0) is 21.0. The fourth-order valence-corrected chi connectivity index (χ4v) is 3.51. The Morgan fingerprint density at radius 1 is 1.14 bits per heavy atom. The van der Waals surface area contributed by atoms with Gasteiger partial charge in [-0.15, -0.1) is 0 Å². The van der Waals surface area contributed by atoms with E-state index in [1.54, 1.807) is 41.3 Å². The van der Waals surface area contributed by atoms with Crippen molar-refractivity contribution in [3.63, 3.8) is 0 Å². The van der Waals surface area contributed by atoms with E-state index in [1.165, 1.54) is 6.92 Å². The van der Waals surface area contributed by atoms with Crippen molar-refractivity contribution in [3.8, 4) is 17.2 Å². The van der Waals surface area contributed by atoms with Crippen LogP contribution in [0, 0.1) is 5.92 Å². The van der Waals surface area contributed by atoms with Gasteiger partial charge in [-0.3, -0.25) is 4.79 Å². The van der Waals surface area contributed by atoms with E-state index >= 15 is 0 Å². The van der Waals surface area contributed by atoms with Crippen LogP contribution in [0.2, 0.25) is 0 Å². The molecule has 0 unspecified atom stereocenters. The fourth-order valence-electron chi connectivity index (χ4n) is 2.99. The van der Waals surface area contributed by atoms with Crippen molar-refractivity contribution >= 4 is 16.0 Å². The number of ether oxygens (including phenoxy) is 2. The lowest BCUT2D eigenvalue weighted by Crippen LogP contribution is -2.33. The number of benzene rings is 2. The Hall–Kier alpha value is -2.74. The van der Waals surface area contributed by atoms with E-state index in [-0.39, 0.29) is 30.1 Å². The van der Waals surface area contributed by atoms with Crippen LogP contribution in [0.25, 0.3) is 0 Å². The molecule has 8 heteroatoms. The first-order valence-corrected chi connectivity index (χ1v) is 11.0. The minimum absolute atomic E-state index is 0.112. The van der Waals surface area contributed by atoms with E-state index in [9.17, 15) is 13.2 Å². The van der Waals surface area contributed by atoms with E-state index in [4.69, 9.17) is 13.7 Å². The molecular weight excluding hydrogens is 394 g/mol. The average Bonchev–Trinajstić information content (AvgIpc) is 3.14. The Bertz CT molecular complexity index is 986. The number of carbonyl (C=O) groups is 1. The van der Waals surface area contributed by atoms with Crippen LogP contribution in [-0.2, 0) is 16.7 Å². The number of nitrogens with zero attached hydrogens (tertiary/aromatic N) is 1. The maximum Gasteiger partial charge on any atom is 0.308 e. The molecule has 1 aliphatic heterocycles. The lowest BCUT2D eigenvalue weighted by Gasteiger charge is -2.25. The molecule has 1 aliphatic rings. The zero-order valence-corrected chi connectivity index (χ0v) is 17.6. The number of fused-ring (bicyclic) bond motifs is 1. The van der Waals surface area contributed by atoms with E-state index in [1.807, 2.05) is 19.9 Å². The molecule has 0 aromatic heterocycles. The average molecular weight is 419 g/mol. The second-order valence-electron chi connectivity index (χ2n) is 7.22. The van der Waals surface area contributed by atoms with Gasteiger partial charge in [0.25, 0.3) is 5.91 Å². The van der Waals surface area contributed by atoms with Gasteiger partial charge in [-0.2, -0.15) is 8.42 Å². The smallest absolute Gasteiger partial charge is 0.308 e. The Kier molecular flexibility index (Phi) is 6.32. The topological polar surface area (TPSA) is 82.1 Å². The highest BCUT2D eigenvalue weighted by atomic mass is 32.2. The molecule has 0 saturated carbocycles. The third-order valence-electron chi connectivity index (χ3n) is 4.34. The second kappa shape index (κ2) is 8.73. The maximum atomic E-state index is 13.1. The molecule has 7 nitrogen and oxygen atoms in total. The minimum Gasteiger partial charge on any atom is -0.454 e. The Labute approximate surface area is 171 Å². The molecular formula is C21H25NO6S. The first kappa shape index (κ1) is 21.0. The fraction of sp³-hybridized carbons (Fsp3) is 0.381. The van der Waals surface area contributed by atoms with E-state index in [0.717, 1.165) is 5.56 Å². The molecule has 1 amide bonds. The maximum absolute atomic E-state index is 13.1. The summed E-state index contributed by atoms with van der Waals surface area (Å²) < 4.78 is 39.2. The highest BCUT2D eigenvalue weighted by Crippen LogP contribution is 2.33. The normalized spacial score (nSPS) is 12.8. The highest BCUT2D eigenvalue weighted by Gasteiger charge is 2.21. The molecule has 0 aliphatic carbocycles. The summed E-state index contributed by atoms with van der Waals surface area (Å²) >= 11 is 0. The minimum atomic E-state index is -3.61. The van der Waals surface area contributed by atoms with Crippen LogP contribution in [0.4, 0.5) is 0 Å². The number of rotatable bonds is 8. The summed E-state index contributed by atoms with van der Waals surface area (Å²) in [6, 6.07) is 11.9. The third-order valence-corrected chi connectivity index (χ3v) is 5.49. The largest absolute Gasteiger partial charge is 0.454 e. The SMILES string of the molecule is CCS(=O)(=O)Oc1cccc(CN(CC(C)C)C(=O)c2ccc3c(c2)OCO3)c1. The number of hydrogen-bond acceptors (Lipinski definition) is 6. The summed E-state index contributed by atoms with van der Waals surface area (Å²) in [5.74, 6) is 1.43. The molecule has 1 heterocycles. The number of carbonyl (C=O) groups excluding carboxylic acids is 1. The van der Waals surface area contributed by atoms with Gasteiger partial charge in [-0.05, 0) is 48.7 Å². The molecule has 3 rings (SSSR count). The van der Waals surface area contributed by atoms with Gasteiger partial charge in [0.2, 0.25) is 6.79 Å². The molecule has 0 N–H and O–H groups in total. The van der Waals surface area contributed by atoms with E-state index < -0.39 is 10.1 Å². The lowest BCUT2D eigenvalue weighted by atomic mass is 10.1. The van der Waals surface area contributed by atoms with Gasteiger partial charge >= 0.3 is 10.1 Å². The van der Waals surface area contributed by atoms with Gasteiger partial charge in [0.15, 0.2) is 11.5 Å². The van der Waals surface area contributed by atoms with E-state index in [0.29, 0.717) is 30.2 Å². The van der Waals surface area contributed by atoms with Crippen LogP contribution in [0.1, 0.15) is 36.7 Å². The zero-order valence-electron chi connectivity index (χ0n) is 16.8. The molecule has 2 aromatic rings. The van der Waals surface area contributed by atoms with Crippen LogP contribution in [-0.4, -0.2) is 38.3 Å². The summed E-state index contributed by atoms with van der Waals surface area (Å²) in [7, 11) is -3.61. The Balaban J connectivity index is 1.81. The predicted molar refractivity (Wildman–Crippen MR) is 109 cm³/mol. The van der Waals surface area contributed by atoms with Gasteiger partial charge in [-0.25, -0.2) is 0 Å². The molecule has 2 aromatic carbocycles. The van der Waals surface area contributed by atoms with Crippen LogP contribution < -0.4 is 13.7 Å². The molecule has 0 bridgehead atoms. The van der Waals surface area contributed by atoms with E-state index in [2.05, 4.69) is 0 Å². The third kappa shape index (κ3) is 5.41. The van der Waals surface area contributed by atoms with Gasteiger partial charge in [0.05, 0.1) is 5.75 Å². The van der Waals surface area contributed by atoms with Gasteiger partial charge in [0, 0.05) is 18.7 Å². The van der Waals surface area contributed by atoms with Crippen molar-refractivity contribution in [3.05, 3.63) is 53.6 Å². The van der Waals surface area contributed by atoms with Crippen molar-refractivity contribution in [2.45, 2.75) is 27.3 Å². The van der Waals surface area contributed by atoms with Crippen molar-refractivity contribution < 1.29 is 26.9 Å². The highest BCUT2D eigenvalue weighted by molar-refractivity contribution is 7.87. The van der Waals surface area contributed by atoms with Crippen molar-refractivity contribution in [2.75, 3.05) is 19.1 Å². The first-order chi connectivity index (χ1) is 13.8. The molecule has 156 valence electrons. The van der Waals surface area contributed by atoms with Crippen LogP contribution in [0.3, 0.4) is 0 Å².